The number of carbonyl (C=O) groups is 2. The number of halogens is 3. The summed E-state index contributed by atoms with van der Waals surface area (Å²) in [5.74, 6) is -1.63. The monoisotopic (exact) mass is 314 g/mol. The number of nitrogens with two attached hydrogens (primary N) is 2. The molecule has 0 bridgehead atoms. The standard InChI is InChI=1S/C10H11ClN2O3.2ClH/c11-5-1-2-6(7(12)3-5)9(14)4-8(13)10(15)16;;/h1-3,8H,4,12-13H2,(H,15,16);2*1H/t8-;;/m0../s1. The smallest absolute Gasteiger partial charge is 0.320 e. The van der Waals surface area contributed by atoms with Crippen molar-refractivity contribution in [2.24, 2.45) is 5.73 Å². The van der Waals surface area contributed by atoms with E-state index in [1.54, 1.807) is 0 Å². The number of carboxylic acid groups (broad SMARTS) is 1. The Morgan fingerprint density at radius 2 is 1.89 bits per heavy atom. The molecule has 0 aliphatic heterocycles. The maximum absolute atomic E-state index is 11.6. The van der Waals surface area contributed by atoms with Crippen LogP contribution in [0.4, 0.5) is 5.69 Å². The lowest BCUT2D eigenvalue weighted by Crippen LogP contribution is -2.32. The molecule has 1 rings (SSSR count). The van der Waals surface area contributed by atoms with Crippen molar-refractivity contribution in [2.75, 3.05) is 5.73 Å². The predicted molar refractivity (Wildman–Crippen MR) is 74.9 cm³/mol. The van der Waals surface area contributed by atoms with Crippen LogP contribution in [0.15, 0.2) is 18.2 Å². The van der Waals surface area contributed by atoms with Gasteiger partial charge < -0.3 is 16.6 Å². The minimum absolute atomic E-state index is 0. The molecular formula is C10H13Cl3N2O3. The van der Waals surface area contributed by atoms with E-state index in [-0.39, 0.29) is 42.5 Å². The molecule has 1 aromatic rings. The number of anilines is 1. The lowest BCUT2D eigenvalue weighted by molar-refractivity contribution is -0.138. The third-order valence-electron chi connectivity index (χ3n) is 2.04. The van der Waals surface area contributed by atoms with Gasteiger partial charge in [0.15, 0.2) is 5.78 Å². The van der Waals surface area contributed by atoms with Crippen molar-refractivity contribution < 1.29 is 14.7 Å². The second-order valence-electron chi connectivity index (χ2n) is 3.30. The summed E-state index contributed by atoms with van der Waals surface area (Å²) < 4.78 is 0. The zero-order valence-corrected chi connectivity index (χ0v) is 11.5. The second-order valence-corrected chi connectivity index (χ2v) is 3.74. The fraction of sp³-hybridized carbons (Fsp3) is 0.200. The summed E-state index contributed by atoms with van der Waals surface area (Å²) in [5, 5.41) is 8.98. The van der Waals surface area contributed by atoms with E-state index in [9.17, 15) is 9.59 Å². The van der Waals surface area contributed by atoms with Crippen molar-refractivity contribution in [1.82, 2.24) is 0 Å². The highest BCUT2D eigenvalue weighted by atomic mass is 35.5. The first-order chi connectivity index (χ1) is 7.41. The van der Waals surface area contributed by atoms with Crippen LogP contribution in [0.1, 0.15) is 16.8 Å². The van der Waals surface area contributed by atoms with Gasteiger partial charge in [0.05, 0.1) is 0 Å². The number of nitrogen functional groups attached to an aromatic ring is 1. The SMILES string of the molecule is Cl.Cl.Nc1cc(Cl)ccc1C(=O)C[C@H](N)C(=O)O. The van der Waals surface area contributed by atoms with Gasteiger partial charge >= 0.3 is 5.97 Å². The zero-order chi connectivity index (χ0) is 12.3. The van der Waals surface area contributed by atoms with Gasteiger partial charge in [0.1, 0.15) is 6.04 Å². The molecule has 0 fully saturated rings. The van der Waals surface area contributed by atoms with Crippen LogP contribution in [-0.2, 0) is 4.79 Å². The highest BCUT2D eigenvalue weighted by Gasteiger charge is 2.18. The molecule has 0 aliphatic rings. The number of ketones is 1. The lowest BCUT2D eigenvalue weighted by atomic mass is 10.0. The van der Waals surface area contributed by atoms with Gasteiger partial charge in [-0.3, -0.25) is 9.59 Å². The Bertz CT molecular complexity index is 440. The Morgan fingerprint density at radius 1 is 1.33 bits per heavy atom. The number of rotatable bonds is 4. The van der Waals surface area contributed by atoms with E-state index in [2.05, 4.69) is 0 Å². The van der Waals surface area contributed by atoms with Crippen LogP contribution in [0, 0.1) is 0 Å². The molecule has 0 aromatic heterocycles. The van der Waals surface area contributed by atoms with E-state index in [4.69, 9.17) is 28.2 Å². The van der Waals surface area contributed by atoms with Crippen LogP contribution in [0.2, 0.25) is 5.02 Å². The van der Waals surface area contributed by atoms with E-state index in [0.29, 0.717) is 5.02 Å². The molecule has 1 atom stereocenters. The molecule has 5 N–H and O–H groups in total. The number of carbonyl (C=O) groups excluding carboxylic acids is 1. The molecule has 0 aliphatic carbocycles. The summed E-state index contributed by atoms with van der Waals surface area (Å²) in [6.45, 7) is 0. The van der Waals surface area contributed by atoms with Crippen LogP contribution >= 0.6 is 36.4 Å². The van der Waals surface area contributed by atoms with Crippen molar-refractivity contribution in [3.05, 3.63) is 28.8 Å². The van der Waals surface area contributed by atoms with E-state index in [1.165, 1.54) is 18.2 Å². The summed E-state index contributed by atoms with van der Waals surface area (Å²) in [6, 6.07) is 3.18. The first-order valence-electron chi connectivity index (χ1n) is 4.48. The van der Waals surface area contributed by atoms with E-state index < -0.39 is 17.8 Å². The number of hydrogen-bond acceptors (Lipinski definition) is 4. The molecule has 1 aromatic carbocycles. The molecule has 102 valence electrons. The number of Topliss-reactive ketones (excluding diaryl/α,β-unsaturated/α-hetero) is 1. The van der Waals surface area contributed by atoms with Crippen LogP contribution in [-0.4, -0.2) is 22.9 Å². The molecule has 0 heterocycles. The first kappa shape index (κ1) is 19.3. The number of benzene rings is 1. The highest BCUT2D eigenvalue weighted by molar-refractivity contribution is 6.31. The first-order valence-corrected chi connectivity index (χ1v) is 4.86. The van der Waals surface area contributed by atoms with Gasteiger partial charge in [0, 0.05) is 22.7 Å². The lowest BCUT2D eigenvalue weighted by Gasteiger charge is -2.07. The molecule has 18 heavy (non-hydrogen) atoms. The summed E-state index contributed by atoms with van der Waals surface area (Å²) in [4.78, 5) is 22.1. The largest absolute Gasteiger partial charge is 0.480 e. The summed E-state index contributed by atoms with van der Waals surface area (Å²) in [7, 11) is 0. The van der Waals surface area contributed by atoms with Crippen molar-refractivity contribution >= 4 is 53.9 Å². The fourth-order valence-electron chi connectivity index (χ4n) is 1.18. The molecule has 0 amide bonds. The summed E-state index contributed by atoms with van der Waals surface area (Å²) >= 11 is 5.67. The van der Waals surface area contributed by atoms with E-state index >= 15 is 0 Å². The quantitative estimate of drug-likeness (QED) is 0.579. The Morgan fingerprint density at radius 3 is 2.33 bits per heavy atom. The highest BCUT2D eigenvalue weighted by Crippen LogP contribution is 2.19. The summed E-state index contributed by atoms with van der Waals surface area (Å²) in [6.07, 6.45) is -0.291. The van der Waals surface area contributed by atoms with Gasteiger partial charge in [-0.05, 0) is 18.2 Å². The van der Waals surface area contributed by atoms with Crippen molar-refractivity contribution in [3.63, 3.8) is 0 Å². The van der Waals surface area contributed by atoms with E-state index in [0.717, 1.165) is 0 Å². The average Bonchev–Trinajstić information content (AvgIpc) is 2.16. The number of aliphatic carboxylic acids is 1. The maximum atomic E-state index is 11.6. The van der Waals surface area contributed by atoms with Gasteiger partial charge in [-0.1, -0.05) is 11.6 Å². The molecule has 0 spiro atoms. The van der Waals surface area contributed by atoms with Gasteiger partial charge in [-0.2, -0.15) is 0 Å². The molecule has 0 radical (unpaired) electrons. The minimum atomic E-state index is -1.22. The minimum Gasteiger partial charge on any atom is -0.480 e. The molecule has 0 saturated carbocycles. The normalized spacial score (nSPS) is 10.8. The second kappa shape index (κ2) is 8.16. The van der Waals surface area contributed by atoms with Crippen molar-refractivity contribution in [3.8, 4) is 0 Å². The van der Waals surface area contributed by atoms with Gasteiger partial charge in [-0.25, -0.2) is 0 Å². The Hall–Kier alpha value is -1.01. The molecule has 0 saturated heterocycles. The fourth-order valence-corrected chi connectivity index (χ4v) is 1.37. The topological polar surface area (TPSA) is 106 Å². The molecule has 5 nitrogen and oxygen atoms in total. The third-order valence-corrected chi connectivity index (χ3v) is 2.27. The van der Waals surface area contributed by atoms with Crippen LogP contribution < -0.4 is 11.5 Å². The molecular weight excluding hydrogens is 302 g/mol. The van der Waals surface area contributed by atoms with Gasteiger partial charge in [0.25, 0.3) is 0 Å². The Balaban J connectivity index is 0. The maximum Gasteiger partial charge on any atom is 0.320 e. The van der Waals surface area contributed by atoms with E-state index in [1.807, 2.05) is 0 Å². The number of hydrogen-bond donors (Lipinski definition) is 3. The molecule has 8 heteroatoms. The Kier molecular flexibility index (Phi) is 8.76. The number of carboxylic acids is 1. The average molecular weight is 316 g/mol. The summed E-state index contributed by atoms with van der Waals surface area (Å²) in [5.41, 5.74) is 11.3. The Labute approximate surface area is 121 Å². The van der Waals surface area contributed by atoms with Crippen molar-refractivity contribution in [2.45, 2.75) is 12.5 Å². The van der Waals surface area contributed by atoms with Crippen LogP contribution in [0.3, 0.4) is 0 Å². The molecule has 0 unspecified atom stereocenters. The van der Waals surface area contributed by atoms with Gasteiger partial charge in [0.2, 0.25) is 0 Å². The van der Waals surface area contributed by atoms with Crippen LogP contribution in [0.5, 0.6) is 0 Å². The predicted octanol–water partition coefficient (Wildman–Crippen LogP) is 1.75. The zero-order valence-electron chi connectivity index (χ0n) is 9.13. The van der Waals surface area contributed by atoms with Crippen molar-refractivity contribution in [1.29, 1.82) is 0 Å². The third kappa shape index (κ3) is 5.10. The van der Waals surface area contributed by atoms with Crippen LogP contribution in [0.25, 0.3) is 0 Å². The van der Waals surface area contributed by atoms with Gasteiger partial charge in [-0.15, -0.1) is 24.8 Å².